The number of amides is 1. The van der Waals surface area contributed by atoms with Crippen molar-refractivity contribution in [1.29, 1.82) is 0 Å². The van der Waals surface area contributed by atoms with Crippen molar-refractivity contribution in [2.45, 2.75) is 37.8 Å². The fourth-order valence-corrected chi connectivity index (χ4v) is 3.55. The lowest BCUT2D eigenvalue weighted by Crippen LogP contribution is -2.39. The summed E-state index contributed by atoms with van der Waals surface area (Å²) in [5.74, 6) is 0.634. The molecule has 0 unspecified atom stereocenters. The van der Waals surface area contributed by atoms with Crippen LogP contribution in [-0.2, 0) is 0 Å². The van der Waals surface area contributed by atoms with Crippen molar-refractivity contribution in [3.8, 4) is 5.88 Å². The first-order valence-electron chi connectivity index (χ1n) is 7.34. The average molecular weight is 337 g/mol. The van der Waals surface area contributed by atoms with Gasteiger partial charge in [0.2, 0.25) is 5.88 Å². The number of halogens is 1. The molecule has 0 spiro atoms. The number of nitrogens with one attached hydrogen (secondary N) is 1. The standard InChI is InChI=1S/C16H17ClN2O2S/c17-14-9-8-13(22-14)16(20)19-11-4-6-12(7-5-11)21-15-3-1-2-10-18-15/h1-3,8-12H,4-7H2,(H,19,20). The predicted molar refractivity (Wildman–Crippen MR) is 87.7 cm³/mol. The predicted octanol–water partition coefficient (Wildman–Crippen LogP) is 3.92. The zero-order chi connectivity index (χ0) is 15.4. The minimum Gasteiger partial charge on any atom is -0.474 e. The second kappa shape index (κ2) is 7.11. The Morgan fingerprint density at radius 2 is 2.05 bits per heavy atom. The number of thiophene rings is 1. The van der Waals surface area contributed by atoms with Crippen LogP contribution in [0.15, 0.2) is 36.5 Å². The molecule has 116 valence electrons. The van der Waals surface area contributed by atoms with Crippen molar-refractivity contribution in [1.82, 2.24) is 10.3 Å². The summed E-state index contributed by atoms with van der Waals surface area (Å²) < 4.78 is 6.49. The Morgan fingerprint density at radius 1 is 1.23 bits per heavy atom. The van der Waals surface area contributed by atoms with Gasteiger partial charge in [0.05, 0.1) is 9.21 Å². The summed E-state index contributed by atoms with van der Waals surface area (Å²) in [7, 11) is 0. The van der Waals surface area contributed by atoms with Gasteiger partial charge in [0.1, 0.15) is 6.10 Å². The van der Waals surface area contributed by atoms with Gasteiger partial charge in [-0.15, -0.1) is 11.3 Å². The van der Waals surface area contributed by atoms with Gasteiger partial charge >= 0.3 is 0 Å². The summed E-state index contributed by atoms with van der Waals surface area (Å²) in [6, 6.07) is 9.37. The van der Waals surface area contributed by atoms with E-state index < -0.39 is 0 Å². The van der Waals surface area contributed by atoms with Crippen molar-refractivity contribution < 1.29 is 9.53 Å². The van der Waals surface area contributed by atoms with Crippen molar-refractivity contribution in [2.75, 3.05) is 0 Å². The quantitative estimate of drug-likeness (QED) is 0.920. The van der Waals surface area contributed by atoms with Gasteiger partial charge < -0.3 is 10.1 Å². The SMILES string of the molecule is O=C(NC1CCC(Oc2ccccn2)CC1)c1ccc(Cl)s1. The molecule has 1 saturated carbocycles. The first-order valence-corrected chi connectivity index (χ1v) is 8.54. The third-order valence-corrected chi connectivity index (χ3v) is 4.96. The fourth-order valence-electron chi connectivity index (χ4n) is 2.61. The van der Waals surface area contributed by atoms with Gasteiger partial charge in [0, 0.05) is 18.3 Å². The van der Waals surface area contributed by atoms with Gasteiger partial charge in [0.25, 0.3) is 5.91 Å². The molecule has 2 aromatic rings. The van der Waals surface area contributed by atoms with Crippen LogP contribution in [0, 0.1) is 0 Å². The van der Waals surface area contributed by atoms with E-state index in [-0.39, 0.29) is 18.1 Å². The summed E-state index contributed by atoms with van der Waals surface area (Å²) in [5, 5.41) is 3.07. The summed E-state index contributed by atoms with van der Waals surface area (Å²) in [6.07, 6.45) is 5.59. The van der Waals surface area contributed by atoms with Gasteiger partial charge in [-0.2, -0.15) is 0 Å². The maximum Gasteiger partial charge on any atom is 0.261 e. The van der Waals surface area contributed by atoms with Crippen molar-refractivity contribution in [2.24, 2.45) is 0 Å². The second-order valence-electron chi connectivity index (χ2n) is 5.34. The highest BCUT2D eigenvalue weighted by Gasteiger charge is 2.24. The first kappa shape index (κ1) is 15.3. The maximum absolute atomic E-state index is 12.1. The second-order valence-corrected chi connectivity index (χ2v) is 7.05. The molecule has 2 aromatic heterocycles. The van der Waals surface area contributed by atoms with E-state index in [0.717, 1.165) is 25.7 Å². The van der Waals surface area contributed by atoms with Crippen LogP contribution in [0.2, 0.25) is 4.34 Å². The number of aromatic nitrogens is 1. The number of hydrogen-bond acceptors (Lipinski definition) is 4. The molecule has 1 aliphatic rings. The largest absolute Gasteiger partial charge is 0.474 e. The van der Waals surface area contributed by atoms with E-state index >= 15 is 0 Å². The molecular formula is C16H17ClN2O2S. The van der Waals surface area contributed by atoms with Crippen molar-refractivity contribution in [3.63, 3.8) is 0 Å². The van der Waals surface area contributed by atoms with E-state index in [1.807, 2.05) is 18.2 Å². The van der Waals surface area contributed by atoms with Crippen LogP contribution in [0.3, 0.4) is 0 Å². The van der Waals surface area contributed by atoms with E-state index in [0.29, 0.717) is 15.1 Å². The summed E-state index contributed by atoms with van der Waals surface area (Å²) >= 11 is 7.17. The Morgan fingerprint density at radius 3 is 2.68 bits per heavy atom. The highest BCUT2D eigenvalue weighted by molar-refractivity contribution is 7.17. The summed E-state index contributed by atoms with van der Waals surface area (Å²) in [4.78, 5) is 16.9. The fraction of sp³-hybridized carbons (Fsp3) is 0.375. The van der Waals surface area contributed by atoms with E-state index in [1.165, 1.54) is 11.3 Å². The Kier molecular flexibility index (Phi) is 4.95. The van der Waals surface area contributed by atoms with Crippen LogP contribution < -0.4 is 10.1 Å². The number of carbonyl (C=O) groups excluding carboxylic acids is 1. The van der Waals surface area contributed by atoms with Gasteiger partial charge in [-0.1, -0.05) is 17.7 Å². The van der Waals surface area contributed by atoms with E-state index in [9.17, 15) is 4.79 Å². The molecule has 0 bridgehead atoms. The monoisotopic (exact) mass is 336 g/mol. The van der Waals surface area contributed by atoms with Crippen LogP contribution in [0.4, 0.5) is 0 Å². The summed E-state index contributed by atoms with van der Waals surface area (Å²) in [5.41, 5.74) is 0. The summed E-state index contributed by atoms with van der Waals surface area (Å²) in [6.45, 7) is 0. The Bertz CT molecular complexity index is 624. The Hall–Kier alpha value is -1.59. The Balaban J connectivity index is 1.46. The third-order valence-electron chi connectivity index (χ3n) is 3.73. The van der Waals surface area contributed by atoms with Crippen molar-refractivity contribution >= 4 is 28.8 Å². The average Bonchev–Trinajstić information content (AvgIpc) is 2.97. The molecule has 0 radical (unpaired) electrons. The lowest BCUT2D eigenvalue weighted by atomic mass is 9.93. The molecule has 0 aromatic carbocycles. The van der Waals surface area contributed by atoms with Crippen molar-refractivity contribution in [3.05, 3.63) is 45.7 Å². The van der Waals surface area contributed by atoms with Crippen LogP contribution in [0.1, 0.15) is 35.4 Å². The first-order chi connectivity index (χ1) is 10.7. The molecule has 6 heteroatoms. The normalized spacial score (nSPS) is 21.3. The molecule has 1 amide bonds. The van der Waals surface area contributed by atoms with Gasteiger partial charge in [0.15, 0.2) is 0 Å². The lowest BCUT2D eigenvalue weighted by molar-refractivity contribution is 0.0894. The third kappa shape index (κ3) is 3.99. The molecule has 0 aliphatic heterocycles. The number of nitrogens with zero attached hydrogens (tertiary/aromatic N) is 1. The molecule has 0 atom stereocenters. The molecular weight excluding hydrogens is 320 g/mol. The van der Waals surface area contributed by atoms with E-state index in [2.05, 4.69) is 10.3 Å². The Labute approximate surface area is 138 Å². The molecule has 4 nitrogen and oxygen atoms in total. The smallest absolute Gasteiger partial charge is 0.261 e. The number of ether oxygens (including phenoxy) is 1. The highest BCUT2D eigenvalue weighted by atomic mass is 35.5. The minimum absolute atomic E-state index is 0.0361. The number of carbonyl (C=O) groups is 1. The van der Waals surface area contributed by atoms with Gasteiger partial charge in [-0.05, 0) is 43.9 Å². The lowest BCUT2D eigenvalue weighted by Gasteiger charge is -2.29. The molecule has 0 saturated heterocycles. The molecule has 3 rings (SSSR count). The van der Waals surface area contributed by atoms with Crippen LogP contribution in [0.25, 0.3) is 0 Å². The van der Waals surface area contributed by atoms with Gasteiger partial charge in [-0.25, -0.2) is 4.98 Å². The number of pyridine rings is 1. The number of hydrogen-bond donors (Lipinski definition) is 1. The molecule has 1 fully saturated rings. The van der Waals surface area contributed by atoms with Crippen LogP contribution in [-0.4, -0.2) is 23.0 Å². The minimum atomic E-state index is -0.0361. The van der Waals surface area contributed by atoms with Gasteiger partial charge in [-0.3, -0.25) is 4.79 Å². The highest BCUT2D eigenvalue weighted by Crippen LogP contribution is 2.25. The zero-order valence-corrected chi connectivity index (χ0v) is 13.6. The van der Waals surface area contributed by atoms with E-state index in [4.69, 9.17) is 16.3 Å². The zero-order valence-electron chi connectivity index (χ0n) is 12.0. The molecule has 2 heterocycles. The molecule has 1 aliphatic carbocycles. The number of rotatable bonds is 4. The molecule has 1 N–H and O–H groups in total. The molecule has 22 heavy (non-hydrogen) atoms. The maximum atomic E-state index is 12.1. The topological polar surface area (TPSA) is 51.2 Å². The van der Waals surface area contributed by atoms with E-state index in [1.54, 1.807) is 18.3 Å². The van der Waals surface area contributed by atoms with Crippen LogP contribution in [0.5, 0.6) is 5.88 Å². The van der Waals surface area contributed by atoms with Crippen LogP contribution >= 0.6 is 22.9 Å².